The van der Waals surface area contributed by atoms with E-state index in [1.807, 2.05) is 0 Å². The summed E-state index contributed by atoms with van der Waals surface area (Å²) in [6.45, 7) is 1.70. The maximum atomic E-state index is 12.6. The Morgan fingerprint density at radius 2 is 1.95 bits per heavy atom. The molecule has 21 heavy (non-hydrogen) atoms. The van der Waals surface area contributed by atoms with Gasteiger partial charge in [-0.3, -0.25) is 4.79 Å². The van der Waals surface area contributed by atoms with E-state index >= 15 is 0 Å². The molecule has 2 aromatic carbocycles. The molecule has 0 unspecified atom stereocenters. The Morgan fingerprint density at radius 1 is 1.24 bits per heavy atom. The van der Waals surface area contributed by atoms with Crippen molar-refractivity contribution in [3.05, 3.63) is 44.0 Å². The topological polar surface area (TPSA) is 59.7 Å². The number of rotatable bonds is 1. The molecule has 1 heterocycles. The van der Waals surface area contributed by atoms with Crippen LogP contribution in [-0.2, 0) is 0 Å². The molecular formula is C15H10Cl2O4. The Kier molecular flexibility index (Phi) is 3.23. The summed E-state index contributed by atoms with van der Waals surface area (Å²) >= 11 is 12.4. The van der Waals surface area contributed by atoms with Crippen LogP contribution in [0.25, 0.3) is 21.9 Å². The van der Waals surface area contributed by atoms with Crippen molar-refractivity contribution in [2.45, 2.75) is 6.92 Å². The molecule has 0 saturated heterocycles. The van der Waals surface area contributed by atoms with E-state index in [2.05, 4.69) is 0 Å². The molecule has 0 aliphatic rings. The summed E-state index contributed by atoms with van der Waals surface area (Å²) in [7, 11) is 1.43. The maximum Gasteiger partial charge on any atom is 0.200 e. The summed E-state index contributed by atoms with van der Waals surface area (Å²) in [6.07, 6.45) is 0. The zero-order valence-electron chi connectivity index (χ0n) is 11.2. The number of phenolic OH excluding ortho intramolecular Hbond substituents is 1. The highest BCUT2D eigenvalue weighted by molar-refractivity contribution is 6.41. The van der Waals surface area contributed by atoms with Crippen LogP contribution in [0.2, 0.25) is 10.0 Å². The quantitative estimate of drug-likeness (QED) is 0.679. The number of methoxy groups -OCH3 is 1. The fourth-order valence-corrected chi connectivity index (χ4v) is 2.95. The van der Waals surface area contributed by atoms with Gasteiger partial charge in [0.25, 0.3) is 0 Å². The standard InChI is InChI=1S/C15H10Cl2O4/c1-6-10-13(19)8-4-3-7(18)5-9(8)21-14(10)12(17)15(20-2)11(6)16/h3-5,18H,1-2H3. The predicted octanol–water partition coefficient (Wildman–Crippen LogP) is 4.28. The van der Waals surface area contributed by atoms with Crippen molar-refractivity contribution in [2.75, 3.05) is 7.11 Å². The Bertz CT molecular complexity index is 944. The lowest BCUT2D eigenvalue weighted by Gasteiger charge is -2.12. The number of fused-ring (bicyclic) bond motifs is 2. The molecule has 0 spiro atoms. The number of halogens is 2. The Balaban J connectivity index is 2.63. The first-order valence-electron chi connectivity index (χ1n) is 6.06. The molecule has 0 atom stereocenters. The van der Waals surface area contributed by atoms with E-state index in [4.69, 9.17) is 32.4 Å². The first kappa shape index (κ1) is 14.0. The summed E-state index contributed by atoms with van der Waals surface area (Å²) in [4.78, 5) is 12.6. The van der Waals surface area contributed by atoms with Crippen molar-refractivity contribution in [3.63, 3.8) is 0 Å². The molecule has 0 fully saturated rings. The molecule has 0 bridgehead atoms. The third kappa shape index (κ3) is 1.94. The first-order valence-corrected chi connectivity index (χ1v) is 6.82. The van der Waals surface area contributed by atoms with E-state index in [1.54, 1.807) is 6.92 Å². The second-order valence-corrected chi connectivity index (χ2v) is 5.36. The van der Waals surface area contributed by atoms with Crippen molar-refractivity contribution in [2.24, 2.45) is 0 Å². The van der Waals surface area contributed by atoms with E-state index in [-0.39, 0.29) is 38.1 Å². The van der Waals surface area contributed by atoms with Crippen molar-refractivity contribution >= 4 is 45.1 Å². The van der Waals surface area contributed by atoms with Gasteiger partial charge in [-0.15, -0.1) is 0 Å². The summed E-state index contributed by atoms with van der Waals surface area (Å²) in [5, 5.41) is 10.6. The lowest BCUT2D eigenvalue weighted by atomic mass is 10.1. The van der Waals surface area contributed by atoms with Gasteiger partial charge in [0.05, 0.1) is 22.9 Å². The monoisotopic (exact) mass is 324 g/mol. The van der Waals surface area contributed by atoms with Gasteiger partial charge in [0.2, 0.25) is 5.43 Å². The minimum absolute atomic E-state index is 0.00114. The summed E-state index contributed by atoms with van der Waals surface area (Å²) in [5.74, 6) is 0.254. The van der Waals surface area contributed by atoms with E-state index < -0.39 is 0 Å². The second kappa shape index (κ2) is 4.83. The Labute approximate surface area is 129 Å². The summed E-state index contributed by atoms with van der Waals surface area (Å²) in [5.41, 5.74) is 0.725. The molecule has 0 amide bonds. The van der Waals surface area contributed by atoms with Crippen LogP contribution in [0, 0.1) is 6.92 Å². The van der Waals surface area contributed by atoms with Gasteiger partial charge in [0, 0.05) is 6.07 Å². The van der Waals surface area contributed by atoms with Crippen molar-refractivity contribution in [1.82, 2.24) is 0 Å². The highest BCUT2D eigenvalue weighted by Crippen LogP contribution is 2.42. The number of hydrogen-bond acceptors (Lipinski definition) is 4. The van der Waals surface area contributed by atoms with Crippen LogP contribution < -0.4 is 10.2 Å². The molecule has 0 saturated carbocycles. The minimum Gasteiger partial charge on any atom is -0.508 e. The third-order valence-corrected chi connectivity index (χ3v) is 4.18. The van der Waals surface area contributed by atoms with Gasteiger partial charge in [0.1, 0.15) is 16.4 Å². The molecule has 3 rings (SSSR count). The van der Waals surface area contributed by atoms with Gasteiger partial charge >= 0.3 is 0 Å². The molecule has 0 aliphatic heterocycles. The maximum absolute atomic E-state index is 12.6. The fraction of sp³-hybridized carbons (Fsp3) is 0.133. The molecular weight excluding hydrogens is 315 g/mol. The minimum atomic E-state index is -0.254. The smallest absolute Gasteiger partial charge is 0.200 e. The molecule has 0 radical (unpaired) electrons. The number of aryl methyl sites for hydroxylation is 1. The third-order valence-electron chi connectivity index (χ3n) is 3.38. The van der Waals surface area contributed by atoms with Crippen LogP contribution in [0.5, 0.6) is 11.5 Å². The number of hydrogen-bond donors (Lipinski definition) is 1. The molecule has 108 valence electrons. The highest BCUT2D eigenvalue weighted by Gasteiger charge is 2.21. The Morgan fingerprint density at radius 3 is 2.62 bits per heavy atom. The van der Waals surface area contributed by atoms with E-state index in [1.165, 1.54) is 25.3 Å². The lowest BCUT2D eigenvalue weighted by molar-refractivity contribution is 0.414. The zero-order chi connectivity index (χ0) is 15.3. The average Bonchev–Trinajstić information content (AvgIpc) is 2.45. The SMILES string of the molecule is COc1c(Cl)c(C)c2c(=O)c3ccc(O)cc3oc2c1Cl. The molecule has 4 nitrogen and oxygen atoms in total. The summed E-state index contributed by atoms with van der Waals surface area (Å²) in [6, 6.07) is 4.29. The number of phenols is 1. The van der Waals surface area contributed by atoms with Crippen LogP contribution >= 0.6 is 23.2 Å². The lowest BCUT2D eigenvalue weighted by Crippen LogP contribution is -2.05. The second-order valence-electron chi connectivity index (χ2n) is 4.60. The van der Waals surface area contributed by atoms with Crippen LogP contribution in [-0.4, -0.2) is 12.2 Å². The summed E-state index contributed by atoms with van der Waals surface area (Å²) < 4.78 is 10.9. The van der Waals surface area contributed by atoms with E-state index in [9.17, 15) is 9.90 Å². The predicted molar refractivity (Wildman–Crippen MR) is 83.0 cm³/mol. The van der Waals surface area contributed by atoms with Crippen LogP contribution in [0.4, 0.5) is 0 Å². The van der Waals surface area contributed by atoms with Gasteiger partial charge in [-0.2, -0.15) is 0 Å². The number of ether oxygens (including phenoxy) is 1. The normalized spacial score (nSPS) is 11.2. The zero-order valence-corrected chi connectivity index (χ0v) is 12.7. The van der Waals surface area contributed by atoms with Gasteiger partial charge < -0.3 is 14.3 Å². The molecule has 1 aromatic heterocycles. The molecule has 3 aromatic rings. The van der Waals surface area contributed by atoms with Gasteiger partial charge in [-0.1, -0.05) is 23.2 Å². The molecule has 1 N–H and O–H groups in total. The fourth-order valence-electron chi connectivity index (χ4n) is 2.34. The van der Waals surface area contributed by atoms with E-state index in [0.717, 1.165) is 0 Å². The number of aromatic hydroxyl groups is 1. The van der Waals surface area contributed by atoms with Crippen LogP contribution in [0.3, 0.4) is 0 Å². The van der Waals surface area contributed by atoms with Crippen molar-refractivity contribution in [3.8, 4) is 11.5 Å². The van der Waals surface area contributed by atoms with Gasteiger partial charge in [-0.05, 0) is 24.6 Å². The van der Waals surface area contributed by atoms with E-state index in [0.29, 0.717) is 16.3 Å². The van der Waals surface area contributed by atoms with Crippen LogP contribution in [0.1, 0.15) is 5.56 Å². The Hall–Kier alpha value is -1.91. The largest absolute Gasteiger partial charge is 0.508 e. The first-order chi connectivity index (χ1) is 9.95. The average molecular weight is 325 g/mol. The molecule has 6 heteroatoms. The van der Waals surface area contributed by atoms with Gasteiger partial charge in [0.15, 0.2) is 11.3 Å². The number of benzene rings is 2. The van der Waals surface area contributed by atoms with Crippen molar-refractivity contribution < 1.29 is 14.3 Å². The van der Waals surface area contributed by atoms with Crippen molar-refractivity contribution in [1.29, 1.82) is 0 Å². The van der Waals surface area contributed by atoms with Gasteiger partial charge in [-0.25, -0.2) is 0 Å². The molecule has 0 aliphatic carbocycles. The van der Waals surface area contributed by atoms with Crippen LogP contribution in [0.15, 0.2) is 27.4 Å². The highest BCUT2D eigenvalue weighted by atomic mass is 35.5.